The molecule has 0 aliphatic heterocycles. The quantitative estimate of drug-likeness (QED) is 0.386. The zero-order valence-corrected chi connectivity index (χ0v) is 15.9. The van der Waals surface area contributed by atoms with Crippen molar-refractivity contribution in [2.45, 2.75) is 19.0 Å². The number of benzene rings is 2. The highest BCUT2D eigenvalue weighted by atomic mass is 32.2. The van der Waals surface area contributed by atoms with Crippen LogP contribution >= 0.6 is 11.8 Å². The molecule has 0 aliphatic carbocycles. The van der Waals surface area contributed by atoms with Crippen LogP contribution in [-0.4, -0.2) is 38.5 Å². The van der Waals surface area contributed by atoms with Gasteiger partial charge in [-0.05, 0) is 48.5 Å². The highest BCUT2D eigenvalue weighted by molar-refractivity contribution is 7.99. The van der Waals surface area contributed by atoms with Crippen molar-refractivity contribution < 1.29 is 9.53 Å². The Labute approximate surface area is 161 Å². The maximum absolute atomic E-state index is 11.9. The first-order valence-electron chi connectivity index (χ1n) is 8.31. The van der Waals surface area contributed by atoms with Crippen molar-refractivity contribution in [3.63, 3.8) is 0 Å². The van der Waals surface area contributed by atoms with Crippen molar-refractivity contribution in [2.24, 2.45) is 0 Å². The van der Waals surface area contributed by atoms with Gasteiger partial charge in [-0.25, -0.2) is 4.79 Å². The van der Waals surface area contributed by atoms with Crippen LogP contribution in [0.4, 0.5) is 0 Å². The Morgan fingerprint density at radius 3 is 2.70 bits per heavy atom. The molecule has 0 spiro atoms. The van der Waals surface area contributed by atoms with Crippen LogP contribution in [0.1, 0.15) is 21.5 Å². The third-order valence-corrected chi connectivity index (χ3v) is 4.45. The summed E-state index contributed by atoms with van der Waals surface area (Å²) in [5.74, 6) is 5.92. The van der Waals surface area contributed by atoms with E-state index in [1.165, 1.54) is 17.3 Å². The topological polar surface area (TPSA) is 69.9 Å². The van der Waals surface area contributed by atoms with Gasteiger partial charge in [0.25, 0.3) is 0 Å². The van der Waals surface area contributed by atoms with E-state index >= 15 is 0 Å². The number of hydrogen-bond donors (Lipinski definition) is 0. The Morgan fingerprint density at radius 2 is 1.93 bits per heavy atom. The smallest absolute Gasteiger partial charge is 0.339 e. The first kappa shape index (κ1) is 18.7. The van der Waals surface area contributed by atoms with Crippen LogP contribution in [0.2, 0.25) is 0 Å². The molecule has 0 unspecified atom stereocenters. The summed E-state index contributed by atoms with van der Waals surface area (Å²) in [5.41, 5.74) is 3.61. The first-order valence-corrected chi connectivity index (χ1v) is 9.30. The number of esters is 1. The second-order valence-corrected chi connectivity index (χ2v) is 6.74. The van der Waals surface area contributed by atoms with E-state index in [1.54, 1.807) is 16.8 Å². The predicted octanol–water partition coefficient (Wildman–Crippen LogP) is 3.23. The van der Waals surface area contributed by atoms with Gasteiger partial charge >= 0.3 is 5.97 Å². The third kappa shape index (κ3) is 5.19. The fourth-order valence-electron chi connectivity index (χ4n) is 2.28. The molecule has 1 heterocycles. The van der Waals surface area contributed by atoms with Crippen LogP contribution in [0, 0.1) is 25.7 Å². The average Bonchev–Trinajstić information content (AvgIpc) is 3.13. The second kappa shape index (κ2) is 9.01. The van der Waals surface area contributed by atoms with Crippen molar-refractivity contribution in [1.29, 1.82) is 0 Å². The molecule has 2 aromatic carbocycles. The molecular weight excluding hydrogens is 360 g/mol. The maximum Gasteiger partial charge on any atom is 0.339 e. The van der Waals surface area contributed by atoms with Gasteiger partial charge in [0.05, 0.1) is 17.0 Å². The lowest BCUT2D eigenvalue weighted by molar-refractivity contribution is 0.0556. The molecule has 0 amide bonds. The van der Waals surface area contributed by atoms with E-state index in [0.29, 0.717) is 16.5 Å². The molecule has 6 nitrogen and oxygen atoms in total. The number of carbonyl (C=O) groups is 1. The highest BCUT2D eigenvalue weighted by Gasteiger charge is 2.08. The molecule has 0 bridgehead atoms. The summed E-state index contributed by atoms with van der Waals surface area (Å²) >= 11 is 1.42. The second-order valence-electron chi connectivity index (χ2n) is 5.80. The Bertz CT molecular complexity index is 987. The summed E-state index contributed by atoms with van der Waals surface area (Å²) in [6.07, 6.45) is 0. The van der Waals surface area contributed by atoms with Crippen LogP contribution < -0.4 is 0 Å². The maximum atomic E-state index is 11.9. The fraction of sp³-hybridized carbons (Fsp3) is 0.200. The number of aromatic nitrogens is 4. The molecule has 3 aromatic rings. The molecule has 0 aliphatic rings. The normalized spacial score (nSPS) is 10.1. The van der Waals surface area contributed by atoms with Gasteiger partial charge < -0.3 is 4.74 Å². The zero-order valence-electron chi connectivity index (χ0n) is 15.0. The number of carbonyl (C=O) groups excluding carboxylic acids is 1. The third-order valence-electron chi connectivity index (χ3n) is 3.65. The van der Waals surface area contributed by atoms with Gasteiger partial charge in [0.2, 0.25) is 5.16 Å². The number of tetrazole rings is 1. The molecule has 27 heavy (non-hydrogen) atoms. The van der Waals surface area contributed by atoms with Gasteiger partial charge in [0.15, 0.2) is 6.61 Å². The lowest BCUT2D eigenvalue weighted by Gasteiger charge is -2.03. The van der Waals surface area contributed by atoms with Crippen molar-refractivity contribution in [1.82, 2.24) is 20.2 Å². The van der Waals surface area contributed by atoms with Gasteiger partial charge in [0, 0.05) is 0 Å². The zero-order chi connectivity index (χ0) is 19.1. The van der Waals surface area contributed by atoms with E-state index in [0.717, 1.165) is 11.3 Å². The van der Waals surface area contributed by atoms with Gasteiger partial charge in [-0.2, -0.15) is 4.68 Å². The summed E-state index contributed by atoms with van der Waals surface area (Å²) in [6.45, 7) is 4.01. The summed E-state index contributed by atoms with van der Waals surface area (Å²) in [6, 6.07) is 15.2. The molecule has 0 fully saturated rings. The van der Waals surface area contributed by atoms with Gasteiger partial charge in [-0.3, -0.25) is 0 Å². The van der Waals surface area contributed by atoms with Crippen LogP contribution in [0.5, 0.6) is 0 Å². The monoisotopic (exact) mass is 378 g/mol. The summed E-state index contributed by atoms with van der Waals surface area (Å²) in [5, 5.41) is 12.4. The molecule has 136 valence electrons. The van der Waals surface area contributed by atoms with Crippen molar-refractivity contribution in [3.05, 3.63) is 65.2 Å². The van der Waals surface area contributed by atoms with Crippen LogP contribution in [0.25, 0.3) is 5.69 Å². The number of hydrogen-bond acceptors (Lipinski definition) is 6. The average molecular weight is 378 g/mol. The molecule has 3 rings (SSSR count). The minimum absolute atomic E-state index is 0.0518. The minimum Gasteiger partial charge on any atom is -0.449 e. The Hall–Kier alpha value is -3.11. The van der Waals surface area contributed by atoms with E-state index in [9.17, 15) is 4.79 Å². The van der Waals surface area contributed by atoms with Crippen LogP contribution in [0.15, 0.2) is 53.7 Å². The number of nitrogens with zero attached hydrogens (tertiary/aromatic N) is 4. The van der Waals surface area contributed by atoms with Gasteiger partial charge in [-0.15, -0.1) is 5.10 Å². The summed E-state index contributed by atoms with van der Waals surface area (Å²) in [4.78, 5) is 11.9. The number of thioether (sulfide) groups is 1. The van der Waals surface area contributed by atoms with E-state index in [2.05, 4.69) is 27.4 Å². The molecule has 1 aromatic heterocycles. The van der Waals surface area contributed by atoms with E-state index in [-0.39, 0.29) is 12.6 Å². The standard InChI is InChI=1S/C20H18N4O2S/c1-15-8-10-18(11-9-15)24-20(21-22-23-24)27-13-4-3-12-26-19(25)17-7-5-6-16(2)14-17/h5-11,14H,12-13H2,1-2H3. The predicted molar refractivity (Wildman–Crippen MR) is 104 cm³/mol. The number of rotatable bonds is 5. The van der Waals surface area contributed by atoms with Crippen molar-refractivity contribution >= 4 is 17.7 Å². The van der Waals surface area contributed by atoms with E-state index in [1.807, 2.05) is 50.2 Å². The Morgan fingerprint density at radius 1 is 1.11 bits per heavy atom. The minimum atomic E-state index is -0.371. The highest BCUT2D eigenvalue weighted by Crippen LogP contribution is 2.17. The summed E-state index contributed by atoms with van der Waals surface area (Å²) < 4.78 is 6.83. The van der Waals surface area contributed by atoms with Gasteiger partial charge in [-0.1, -0.05) is 59.0 Å². The molecule has 7 heteroatoms. The van der Waals surface area contributed by atoms with Crippen molar-refractivity contribution in [3.8, 4) is 17.5 Å². The van der Waals surface area contributed by atoms with Crippen molar-refractivity contribution in [2.75, 3.05) is 12.4 Å². The SMILES string of the molecule is Cc1ccc(-n2nnnc2SCC#CCOC(=O)c2cccc(C)c2)cc1. The molecule has 0 N–H and O–H groups in total. The lowest BCUT2D eigenvalue weighted by atomic mass is 10.1. The van der Waals surface area contributed by atoms with Crippen LogP contribution in [-0.2, 0) is 4.74 Å². The largest absolute Gasteiger partial charge is 0.449 e. The molecule has 0 saturated carbocycles. The Kier molecular flexibility index (Phi) is 6.23. The Balaban J connectivity index is 1.49. The van der Waals surface area contributed by atoms with E-state index in [4.69, 9.17) is 4.74 Å². The number of ether oxygens (including phenoxy) is 1. The molecule has 0 saturated heterocycles. The van der Waals surface area contributed by atoms with Gasteiger partial charge in [0.1, 0.15) is 0 Å². The first-order chi connectivity index (χ1) is 13.1. The molecule has 0 atom stereocenters. The fourth-order valence-corrected chi connectivity index (χ4v) is 2.94. The lowest BCUT2D eigenvalue weighted by Crippen LogP contribution is -2.05. The summed E-state index contributed by atoms with van der Waals surface area (Å²) in [7, 11) is 0. The number of aryl methyl sites for hydroxylation is 2. The molecular formula is C20H18N4O2S. The van der Waals surface area contributed by atoms with Crippen LogP contribution in [0.3, 0.4) is 0 Å². The molecule has 0 radical (unpaired) electrons. The van der Waals surface area contributed by atoms with E-state index < -0.39 is 0 Å².